The number of hydrogen-bond acceptors (Lipinski definition) is 8. The fourth-order valence-corrected chi connectivity index (χ4v) is 4.13. The van der Waals surface area contributed by atoms with Crippen LogP contribution in [0, 0.1) is 0 Å². The maximum absolute atomic E-state index is 10.6. The second kappa shape index (κ2) is 7.65. The molecule has 0 aromatic carbocycles. The highest BCUT2D eigenvalue weighted by Crippen LogP contribution is 2.30. The Kier molecular flexibility index (Phi) is 5.25. The molecule has 1 unspecified atom stereocenters. The van der Waals surface area contributed by atoms with Gasteiger partial charge in [0.25, 0.3) is 0 Å². The molecular weight excluding hydrogens is 386 g/mol. The minimum absolute atomic E-state index is 0.0906. The molecule has 1 fully saturated rings. The number of aliphatic hydroxyl groups is 2. The lowest BCUT2D eigenvalue weighted by atomic mass is 9.89. The maximum Gasteiger partial charge on any atom is 0.224 e. The molecule has 1 aliphatic rings. The van der Waals surface area contributed by atoms with Gasteiger partial charge in [0.15, 0.2) is 0 Å². The second-order valence-electron chi connectivity index (χ2n) is 6.76. The van der Waals surface area contributed by atoms with Crippen LogP contribution in [0.2, 0.25) is 5.02 Å². The molecule has 2 atom stereocenters. The van der Waals surface area contributed by atoms with Crippen LogP contribution in [-0.4, -0.2) is 37.3 Å². The molecule has 27 heavy (non-hydrogen) atoms. The number of aromatic nitrogens is 3. The van der Waals surface area contributed by atoms with E-state index in [0.717, 1.165) is 15.8 Å². The van der Waals surface area contributed by atoms with Gasteiger partial charge in [-0.3, -0.25) is 10.3 Å². The van der Waals surface area contributed by atoms with Crippen LogP contribution in [0.1, 0.15) is 43.3 Å². The number of fused-ring (bicyclic) bond motifs is 1. The van der Waals surface area contributed by atoms with E-state index < -0.39 is 6.23 Å². The third-order valence-corrected chi connectivity index (χ3v) is 5.80. The van der Waals surface area contributed by atoms with Crippen molar-refractivity contribution < 1.29 is 10.2 Å². The van der Waals surface area contributed by atoms with Crippen LogP contribution >= 0.6 is 22.9 Å². The Morgan fingerprint density at radius 2 is 2.11 bits per heavy atom. The van der Waals surface area contributed by atoms with Gasteiger partial charge >= 0.3 is 0 Å². The van der Waals surface area contributed by atoms with Crippen molar-refractivity contribution in [2.75, 3.05) is 5.32 Å². The SMILES string of the molecule is C[C@H](Nc1nc(C(O)N[C@H]2C[C@@H](O)C2)c2sccc2n1)c1cncc(Cl)c1. The van der Waals surface area contributed by atoms with Gasteiger partial charge in [-0.1, -0.05) is 11.6 Å². The summed E-state index contributed by atoms with van der Waals surface area (Å²) in [6.07, 6.45) is 3.40. The van der Waals surface area contributed by atoms with Gasteiger partial charge in [-0.25, -0.2) is 9.97 Å². The first-order valence-electron chi connectivity index (χ1n) is 8.74. The van der Waals surface area contributed by atoms with Crippen LogP contribution in [0.5, 0.6) is 0 Å². The fraction of sp³-hybridized carbons (Fsp3) is 0.389. The average Bonchev–Trinajstić information content (AvgIpc) is 3.08. The normalized spacial score (nSPS) is 21.6. The van der Waals surface area contributed by atoms with Crippen molar-refractivity contribution in [1.29, 1.82) is 0 Å². The standard InChI is InChI=1S/C18H20ClN5O2S/c1-9(10-4-11(19)8-20-7-10)21-18-23-14-2-3-27-16(14)15(24-18)17(26)22-12-5-13(25)6-12/h2-4,7-9,12-13,17,22,25-26H,5-6H2,1H3,(H,21,23,24)/t9-,12-,13+,17?/m0/s1. The van der Waals surface area contributed by atoms with Gasteiger partial charge in [0.2, 0.25) is 5.95 Å². The van der Waals surface area contributed by atoms with E-state index in [9.17, 15) is 10.2 Å². The summed E-state index contributed by atoms with van der Waals surface area (Å²) in [6.45, 7) is 1.97. The van der Waals surface area contributed by atoms with Gasteiger partial charge in [-0.15, -0.1) is 11.3 Å². The summed E-state index contributed by atoms with van der Waals surface area (Å²) in [6, 6.07) is 3.73. The van der Waals surface area contributed by atoms with E-state index in [1.165, 1.54) is 11.3 Å². The number of rotatable bonds is 6. The van der Waals surface area contributed by atoms with Gasteiger partial charge < -0.3 is 15.5 Å². The number of halogens is 1. The van der Waals surface area contributed by atoms with Crippen molar-refractivity contribution in [3.63, 3.8) is 0 Å². The van der Waals surface area contributed by atoms with Gasteiger partial charge in [0.1, 0.15) is 11.9 Å². The fourth-order valence-electron chi connectivity index (χ4n) is 3.10. The largest absolute Gasteiger partial charge is 0.393 e. The molecule has 3 aromatic rings. The Balaban J connectivity index is 1.58. The van der Waals surface area contributed by atoms with Gasteiger partial charge in [0, 0.05) is 18.4 Å². The monoisotopic (exact) mass is 405 g/mol. The van der Waals surface area contributed by atoms with Crippen molar-refractivity contribution in [2.24, 2.45) is 0 Å². The highest BCUT2D eigenvalue weighted by molar-refractivity contribution is 7.17. The Hall–Kier alpha value is -1.84. The number of nitrogens with zero attached hydrogens (tertiary/aromatic N) is 3. The number of pyridine rings is 1. The van der Waals surface area contributed by atoms with Crippen molar-refractivity contribution in [3.05, 3.63) is 46.2 Å². The summed E-state index contributed by atoms with van der Waals surface area (Å²) in [5.41, 5.74) is 2.23. The zero-order chi connectivity index (χ0) is 19.0. The maximum atomic E-state index is 10.6. The topological polar surface area (TPSA) is 103 Å². The summed E-state index contributed by atoms with van der Waals surface area (Å²) in [4.78, 5) is 13.2. The van der Waals surface area contributed by atoms with E-state index in [0.29, 0.717) is 29.5 Å². The van der Waals surface area contributed by atoms with E-state index in [1.54, 1.807) is 12.4 Å². The van der Waals surface area contributed by atoms with Crippen molar-refractivity contribution in [1.82, 2.24) is 20.3 Å². The van der Waals surface area contributed by atoms with Gasteiger partial charge in [-0.05, 0) is 42.8 Å². The zero-order valence-electron chi connectivity index (χ0n) is 14.6. The lowest BCUT2D eigenvalue weighted by Gasteiger charge is -2.33. The molecule has 0 spiro atoms. The zero-order valence-corrected chi connectivity index (χ0v) is 16.2. The predicted octanol–water partition coefficient (Wildman–Crippen LogP) is 3.02. The molecule has 3 heterocycles. The van der Waals surface area contributed by atoms with E-state index in [-0.39, 0.29) is 18.2 Å². The molecule has 0 amide bonds. The quantitative estimate of drug-likeness (QED) is 0.467. The van der Waals surface area contributed by atoms with Crippen molar-refractivity contribution in [3.8, 4) is 0 Å². The van der Waals surface area contributed by atoms with Crippen LogP contribution in [0.4, 0.5) is 5.95 Å². The predicted molar refractivity (Wildman–Crippen MR) is 106 cm³/mol. The van der Waals surface area contributed by atoms with E-state index in [1.807, 2.05) is 24.4 Å². The molecule has 9 heteroatoms. The third-order valence-electron chi connectivity index (χ3n) is 4.67. The first-order chi connectivity index (χ1) is 13.0. The summed E-state index contributed by atoms with van der Waals surface area (Å²) in [5, 5.41) is 29.0. The molecule has 0 aliphatic heterocycles. The molecule has 7 nitrogen and oxygen atoms in total. The first kappa shape index (κ1) is 18.5. The molecule has 3 aromatic heterocycles. The highest BCUT2D eigenvalue weighted by atomic mass is 35.5. The molecule has 0 saturated heterocycles. The number of thiophene rings is 1. The Labute approximate surface area is 165 Å². The summed E-state index contributed by atoms with van der Waals surface area (Å²) >= 11 is 7.51. The Bertz CT molecular complexity index is 946. The minimum Gasteiger partial charge on any atom is -0.393 e. The number of aliphatic hydroxyl groups excluding tert-OH is 2. The lowest BCUT2D eigenvalue weighted by Crippen LogP contribution is -2.45. The average molecular weight is 406 g/mol. The smallest absolute Gasteiger partial charge is 0.224 e. The molecule has 1 saturated carbocycles. The van der Waals surface area contributed by atoms with Crippen LogP contribution < -0.4 is 10.6 Å². The molecule has 0 radical (unpaired) electrons. The molecule has 4 N–H and O–H groups in total. The van der Waals surface area contributed by atoms with Crippen molar-refractivity contribution in [2.45, 2.75) is 44.2 Å². The highest BCUT2D eigenvalue weighted by Gasteiger charge is 2.30. The third kappa shape index (κ3) is 4.04. The number of nitrogens with one attached hydrogen (secondary N) is 2. The minimum atomic E-state index is -0.921. The van der Waals surface area contributed by atoms with Crippen LogP contribution in [0.25, 0.3) is 10.2 Å². The van der Waals surface area contributed by atoms with Crippen molar-refractivity contribution >= 4 is 39.1 Å². The first-order valence-corrected chi connectivity index (χ1v) is 9.99. The Morgan fingerprint density at radius 1 is 1.30 bits per heavy atom. The second-order valence-corrected chi connectivity index (χ2v) is 8.11. The van der Waals surface area contributed by atoms with Crippen LogP contribution in [0.15, 0.2) is 29.9 Å². The molecule has 142 valence electrons. The van der Waals surface area contributed by atoms with E-state index in [2.05, 4.69) is 25.6 Å². The van der Waals surface area contributed by atoms with E-state index in [4.69, 9.17) is 11.6 Å². The summed E-state index contributed by atoms with van der Waals surface area (Å²) < 4.78 is 0.845. The van der Waals surface area contributed by atoms with Gasteiger partial charge in [-0.2, -0.15) is 0 Å². The lowest BCUT2D eigenvalue weighted by molar-refractivity contribution is 0.0261. The number of hydrogen-bond donors (Lipinski definition) is 4. The van der Waals surface area contributed by atoms with E-state index >= 15 is 0 Å². The van der Waals surface area contributed by atoms with Crippen LogP contribution in [0.3, 0.4) is 0 Å². The Morgan fingerprint density at radius 3 is 2.85 bits per heavy atom. The van der Waals surface area contributed by atoms with Crippen LogP contribution in [-0.2, 0) is 0 Å². The number of anilines is 1. The summed E-state index contributed by atoms with van der Waals surface area (Å²) in [7, 11) is 0. The molecular formula is C18H20ClN5O2S. The molecule has 1 aliphatic carbocycles. The summed E-state index contributed by atoms with van der Waals surface area (Å²) in [5.74, 6) is 0.429. The molecule has 4 rings (SSSR count). The molecule has 0 bridgehead atoms. The van der Waals surface area contributed by atoms with Gasteiger partial charge in [0.05, 0.1) is 27.4 Å².